The maximum Gasteiger partial charge on any atom is 0.302 e. The first-order valence-corrected chi connectivity index (χ1v) is 9.20. The summed E-state index contributed by atoms with van der Waals surface area (Å²) in [6.07, 6.45) is 3.84. The van der Waals surface area contributed by atoms with Crippen LogP contribution >= 0.6 is 0 Å². The van der Waals surface area contributed by atoms with Gasteiger partial charge in [-0.3, -0.25) is 9.78 Å². The van der Waals surface area contributed by atoms with Crippen molar-refractivity contribution in [3.8, 4) is 11.1 Å². The first-order chi connectivity index (χ1) is 13.0. The fourth-order valence-electron chi connectivity index (χ4n) is 3.58. The van der Waals surface area contributed by atoms with Crippen LogP contribution in [0, 0.1) is 5.82 Å². The highest BCUT2D eigenvalue weighted by Gasteiger charge is 2.26. The molecule has 1 aliphatic rings. The molecule has 0 aliphatic heterocycles. The number of esters is 1. The molecule has 1 aromatic carbocycles. The van der Waals surface area contributed by atoms with Gasteiger partial charge in [0.1, 0.15) is 18.1 Å². The molecule has 5 nitrogen and oxygen atoms in total. The van der Waals surface area contributed by atoms with E-state index in [1.54, 1.807) is 12.1 Å². The molecule has 1 heterocycles. The zero-order chi connectivity index (χ0) is 19.4. The van der Waals surface area contributed by atoms with Gasteiger partial charge in [-0.15, -0.1) is 0 Å². The number of pyridine rings is 1. The number of hydrogen-bond acceptors (Lipinski definition) is 5. The predicted molar refractivity (Wildman–Crippen MR) is 100 cm³/mol. The van der Waals surface area contributed by atoms with Crippen molar-refractivity contribution in [1.29, 1.82) is 0 Å². The Balaban J connectivity index is 2.28. The van der Waals surface area contributed by atoms with Gasteiger partial charge in [-0.05, 0) is 54.5 Å². The summed E-state index contributed by atoms with van der Waals surface area (Å²) in [6, 6.07) is 6.28. The molecule has 2 aromatic rings. The Labute approximate surface area is 157 Å². The largest absolute Gasteiger partial charge is 0.461 e. The topological polar surface area (TPSA) is 71.8 Å². The Kier molecular flexibility index (Phi) is 5.84. The standard InChI is InChI=1S/C21H23FN2O3/c1-3-5-18-17(12-27-13(2)25)20(14-8-10-15(22)11-9-14)16-6-4-7-19(24-26)21(16)23-18/h8-11,26H,3-7,12H2,1-2H3/b24-19-. The Bertz CT molecular complexity index is 876. The maximum absolute atomic E-state index is 13.5. The molecular weight excluding hydrogens is 347 g/mol. The van der Waals surface area contributed by atoms with Gasteiger partial charge in [-0.2, -0.15) is 0 Å². The van der Waals surface area contributed by atoms with E-state index in [0.29, 0.717) is 24.2 Å². The second-order valence-electron chi connectivity index (χ2n) is 6.68. The molecule has 1 aliphatic carbocycles. The minimum absolute atomic E-state index is 0.114. The molecule has 0 saturated carbocycles. The number of nitrogens with zero attached hydrogens (tertiary/aromatic N) is 2. The van der Waals surface area contributed by atoms with Crippen LogP contribution in [-0.2, 0) is 29.0 Å². The van der Waals surface area contributed by atoms with Gasteiger partial charge in [0.25, 0.3) is 0 Å². The van der Waals surface area contributed by atoms with Crippen LogP contribution in [0.1, 0.15) is 55.6 Å². The van der Waals surface area contributed by atoms with E-state index in [1.807, 2.05) is 0 Å². The highest BCUT2D eigenvalue weighted by atomic mass is 19.1. The second-order valence-corrected chi connectivity index (χ2v) is 6.68. The van der Waals surface area contributed by atoms with E-state index in [2.05, 4.69) is 12.1 Å². The van der Waals surface area contributed by atoms with Gasteiger partial charge in [0.05, 0.1) is 5.69 Å². The molecule has 0 bridgehead atoms. The first kappa shape index (κ1) is 19.0. The van der Waals surface area contributed by atoms with Crippen molar-refractivity contribution >= 4 is 11.7 Å². The molecule has 27 heavy (non-hydrogen) atoms. The molecule has 1 aromatic heterocycles. The molecule has 0 unspecified atom stereocenters. The second kappa shape index (κ2) is 8.29. The average Bonchev–Trinajstić information content (AvgIpc) is 2.66. The number of hydrogen-bond donors (Lipinski definition) is 1. The van der Waals surface area contributed by atoms with Crippen LogP contribution in [-0.4, -0.2) is 21.9 Å². The van der Waals surface area contributed by atoms with Crippen LogP contribution in [0.4, 0.5) is 4.39 Å². The van der Waals surface area contributed by atoms with Gasteiger partial charge < -0.3 is 9.94 Å². The summed E-state index contributed by atoms with van der Waals surface area (Å²) < 4.78 is 18.8. The molecule has 142 valence electrons. The Morgan fingerprint density at radius 1 is 1.30 bits per heavy atom. The minimum Gasteiger partial charge on any atom is -0.461 e. The summed E-state index contributed by atoms with van der Waals surface area (Å²) in [5.41, 5.74) is 5.63. The summed E-state index contributed by atoms with van der Waals surface area (Å²) in [7, 11) is 0. The lowest BCUT2D eigenvalue weighted by Gasteiger charge is -2.25. The number of fused-ring (bicyclic) bond motifs is 1. The van der Waals surface area contributed by atoms with Crippen LogP contribution in [0.2, 0.25) is 0 Å². The summed E-state index contributed by atoms with van der Waals surface area (Å²) in [4.78, 5) is 16.2. The molecule has 0 atom stereocenters. The van der Waals surface area contributed by atoms with E-state index in [0.717, 1.165) is 47.2 Å². The van der Waals surface area contributed by atoms with Gasteiger partial charge in [0, 0.05) is 18.2 Å². The molecule has 1 N–H and O–H groups in total. The van der Waals surface area contributed by atoms with Crippen LogP contribution in [0.5, 0.6) is 0 Å². The minimum atomic E-state index is -0.363. The van der Waals surface area contributed by atoms with Crippen LogP contribution in [0.15, 0.2) is 29.4 Å². The Hall–Kier alpha value is -2.76. The number of aromatic nitrogens is 1. The third kappa shape index (κ3) is 3.99. The summed E-state index contributed by atoms with van der Waals surface area (Å²) in [5.74, 6) is -0.674. The Morgan fingerprint density at radius 3 is 2.67 bits per heavy atom. The van der Waals surface area contributed by atoms with Gasteiger partial charge in [0.15, 0.2) is 0 Å². The summed E-state index contributed by atoms with van der Waals surface area (Å²) in [6.45, 7) is 3.54. The molecule has 0 saturated heterocycles. The van der Waals surface area contributed by atoms with Gasteiger partial charge in [0.2, 0.25) is 0 Å². The molecule has 0 radical (unpaired) electrons. The fraction of sp³-hybridized carbons (Fsp3) is 0.381. The number of aryl methyl sites for hydroxylation is 1. The molecule has 0 fully saturated rings. The van der Waals surface area contributed by atoms with Crippen molar-refractivity contribution < 1.29 is 19.1 Å². The monoisotopic (exact) mass is 370 g/mol. The number of benzene rings is 1. The smallest absolute Gasteiger partial charge is 0.302 e. The highest BCUT2D eigenvalue weighted by molar-refractivity contribution is 6.02. The third-order valence-electron chi connectivity index (χ3n) is 4.76. The highest BCUT2D eigenvalue weighted by Crippen LogP contribution is 2.36. The molecular formula is C21H23FN2O3. The maximum atomic E-state index is 13.5. The Morgan fingerprint density at radius 2 is 2.04 bits per heavy atom. The fourth-order valence-corrected chi connectivity index (χ4v) is 3.58. The lowest BCUT2D eigenvalue weighted by molar-refractivity contribution is -0.142. The number of carbonyl (C=O) groups excluding carboxylic acids is 1. The van der Waals surface area contributed by atoms with E-state index in [-0.39, 0.29) is 18.4 Å². The number of carbonyl (C=O) groups is 1. The van der Waals surface area contributed by atoms with Crippen molar-refractivity contribution in [3.05, 3.63) is 52.6 Å². The van der Waals surface area contributed by atoms with Gasteiger partial charge >= 0.3 is 5.97 Å². The quantitative estimate of drug-likeness (QED) is 0.480. The van der Waals surface area contributed by atoms with Crippen molar-refractivity contribution in [2.45, 2.75) is 52.6 Å². The van der Waals surface area contributed by atoms with Crippen molar-refractivity contribution in [1.82, 2.24) is 4.98 Å². The molecule has 0 spiro atoms. The van der Waals surface area contributed by atoms with Crippen LogP contribution in [0.25, 0.3) is 11.1 Å². The van der Waals surface area contributed by atoms with E-state index in [4.69, 9.17) is 9.72 Å². The lowest BCUT2D eigenvalue weighted by Crippen LogP contribution is -2.19. The summed E-state index contributed by atoms with van der Waals surface area (Å²) in [5, 5.41) is 12.9. The summed E-state index contributed by atoms with van der Waals surface area (Å²) >= 11 is 0. The van der Waals surface area contributed by atoms with Crippen LogP contribution < -0.4 is 0 Å². The molecule has 3 rings (SSSR count). The molecule has 6 heteroatoms. The van der Waals surface area contributed by atoms with Gasteiger partial charge in [-0.25, -0.2) is 4.39 Å². The molecule has 0 amide bonds. The van der Waals surface area contributed by atoms with E-state index in [9.17, 15) is 14.4 Å². The SMILES string of the molecule is CCCc1nc2c(c(-c3ccc(F)cc3)c1COC(C)=O)CCC/C2=N/O. The van der Waals surface area contributed by atoms with Gasteiger partial charge in [-0.1, -0.05) is 30.6 Å². The van der Waals surface area contributed by atoms with E-state index < -0.39 is 0 Å². The number of ether oxygens (including phenoxy) is 1. The average molecular weight is 370 g/mol. The predicted octanol–water partition coefficient (Wildman–Crippen LogP) is 4.42. The normalized spacial score (nSPS) is 14.9. The van der Waals surface area contributed by atoms with E-state index >= 15 is 0 Å². The third-order valence-corrected chi connectivity index (χ3v) is 4.76. The van der Waals surface area contributed by atoms with Crippen molar-refractivity contribution in [2.24, 2.45) is 5.16 Å². The first-order valence-electron chi connectivity index (χ1n) is 9.20. The number of oxime groups is 1. The zero-order valence-electron chi connectivity index (χ0n) is 15.6. The van der Waals surface area contributed by atoms with Crippen molar-refractivity contribution in [3.63, 3.8) is 0 Å². The number of halogens is 1. The number of rotatable bonds is 5. The lowest BCUT2D eigenvalue weighted by atomic mass is 9.84. The van der Waals surface area contributed by atoms with E-state index in [1.165, 1.54) is 19.1 Å². The van der Waals surface area contributed by atoms with Crippen LogP contribution in [0.3, 0.4) is 0 Å². The van der Waals surface area contributed by atoms with Crippen molar-refractivity contribution in [2.75, 3.05) is 0 Å². The zero-order valence-corrected chi connectivity index (χ0v) is 15.6.